The van der Waals surface area contributed by atoms with Crippen LogP contribution < -0.4 is 0 Å². The third-order valence-electron chi connectivity index (χ3n) is 4.02. The molecule has 0 radical (unpaired) electrons. The summed E-state index contributed by atoms with van der Waals surface area (Å²) in [7, 11) is 0. The lowest BCUT2D eigenvalue weighted by molar-refractivity contribution is -0.152. The molecule has 3 nitrogen and oxygen atoms in total. The molecule has 3 heteroatoms. The average molecular weight is 222 g/mol. The van der Waals surface area contributed by atoms with E-state index in [1.54, 1.807) is 0 Å². The first kappa shape index (κ1) is 10.3. The van der Waals surface area contributed by atoms with Gasteiger partial charge in [-0.3, -0.25) is 4.79 Å². The quantitative estimate of drug-likeness (QED) is 0.540. The fraction of sp³-hybridized carbons (Fsp3) is 0.769. The Bertz CT molecular complexity index is 304. The standard InChI is InChI=1S/C13H18O3/c14-13(16-8-11-2-1-5-15-11)12-7-9-3-4-10(12)6-9/h3-4,9-12H,1-2,5-8H2/t9-,10-,11-,12-/m1/s1. The van der Waals surface area contributed by atoms with E-state index in [4.69, 9.17) is 9.47 Å². The number of ether oxygens (including phenoxy) is 2. The third-order valence-corrected chi connectivity index (χ3v) is 4.02. The zero-order valence-electron chi connectivity index (χ0n) is 9.43. The summed E-state index contributed by atoms with van der Waals surface area (Å²) >= 11 is 0. The minimum Gasteiger partial charge on any atom is -0.463 e. The van der Waals surface area contributed by atoms with Crippen LogP contribution in [0.5, 0.6) is 0 Å². The first-order valence-corrected chi connectivity index (χ1v) is 6.29. The lowest BCUT2D eigenvalue weighted by atomic mass is 9.94. The molecule has 0 aromatic rings. The van der Waals surface area contributed by atoms with Crippen LogP contribution in [0.2, 0.25) is 0 Å². The number of hydrogen-bond donors (Lipinski definition) is 0. The van der Waals surface area contributed by atoms with Crippen LogP contribution in [0, 0.1) is 17.8 Å². The summed E-state index contributed by atoms with van der Waals surface area (Å²) in [5, 5.41) is 0. The smallest absolute Gasteiger partial charge is 0.309 e. The number of carbonyl (C=O) groups is 1. The Morgan fingerprint density at radius 3 is 2.94 bits per heavy atom. The number of hydrogen-bond acceptors (Lipinski definition) is 3. The van der Waals surface area contributed by atoms with Crippen LogP contribution in [0.1, 0.15) is 25.7 Å². The first-order valence-electron chi connectivity index (χ1n) is 6.29. The second-order valence-corrected chi connectivity index (χ2v) is 5.15. The van der Waals surface area contributed by atoms with Gasteiger partial charge in [-0.2, -0.15) is 0 Å². The van der Waals surface area contributed by atoms with Crippen molar-refractivity contribution in [1.29, 1.82) is 0 Å². The van der Waals surface area contributed by atoms with E-state index in [0.717, 1.165) is 32.3 Å². The van der Waals surface area contributed by atoms with Crippen LogP contribution in [0.4, 0.5) is 0 Å². The number of esters is 1. The highest BCUT2D eigenvalue weighted by atomic mass is 16.6. The molecule has 1 heterocycles. The Hall–Kier alpha value is -0.830. The second-order valence-electron chi connectivity index (χ2n) is 5.15. The Balaban J connectivity index is 1.48. The second kappa shape index (κ2) is 4.21. The molecule has 1 saturated carbocycles. The van der Waals surface area contributed by atoms with Gasteiger partial charge in [-0.25, -0.2) is 0 Å². The van der Waals surface area contributed by atoms with Crippen molar-refractivity contribution >= 4 is 5.97 Å². The maximum Gasteiger partial charge on any atom is 0.309 e. The van der Waals surface area contributed by atoms with Gasteiger partial charge in [0.2, 0.25) is 0 Å². The van der Waals surface area contributed by atoms with Crippen molar-refractivity contribution in [2.24, 2.45) is 17.8 Å². The molecule has 0 aromatic carbocycles. The molecule has 0 aromatic heterocycles. The van der Waals surface area contributed by atoms with Gasteiger partial charge in [0.15, 0.2) is 0 Å². The molecule has 0 amide bonds. The van der Waals surface area contributed by atoms with Crippen LogP contribution in [0.25, 0.3) is 0 Å². The Labute approximate surface area is 95.8 Å². The van der Waals surface area contributed by atoms with Crippen LogP contribution >= 0.6 is 0 Å². The van der Waals surface area contributed by atoms with Gasteiger partial charge >= 0.3 is 5.97 Å². The molecular weight excluding hydrogens is 204 g/mol. The van der Waals surface area contributed by atoms with E-state index in [1.165, 1.54) is 0 Å². The highest BCUT2D eigenvalue weighted by molar-refractivity contribution is 5.74. The maximum absolute atomic E-state index is 11.9. The van der Waals surface area contributed by atoms with Crippen molar-refractivity contribution in [3.05, 3.63) is 12.2 Å². The van der Waals surface area contributed by atoms with Gasteiger partial charge < -0.3 is 9.47 Å². The van der Waals surface area contributed by atoms with E-state index in [9.17, 15) is 4.79 Å². The van der Waals surface area contributed by atoms with Gasteiger partial charge in [0, 0.05) is 6.61 Å². The van der Waals surface area contributed by atoms with Crippen LogP contribution in [-0.2, 0) is 14.3 Å². The van der Waals surface area contributed by atoms with Crippen molar-refractivity contribution in [2.75, 3.05) is 13.2 Å². The molecule has 0 unspecified atom stereocenters. The van der Waals surface area contributed by atoms with E-state index in [1.807, 2.05) is 0 Å². The SMILES string of the molecule is O=C(OC[C@H]1CCCO1)[C@@H]1C[C@@H]2C=C[C@@H]1C2. The summed E-state index contributed by atoms with van der Waals surface area (Å²) in [4.78, 5) is 11.9. The van der Waals surface area contributed by atoms with Gasteiger partial charge in [-0.05, 0) is 37.5 Å². The predicted octanol–water partition coefficient (Wildman–Crippen LogP) is 1.92. The predicted molar refractivity (Wildman–Crippen MR) is 58.8 cm³/mol. The molecule has 2 fully saturated rings. The van der Waals surface area contributed by atoms with Crippen molar-refractivity contribution in [3.8, 4) is 0 Å². The average Bonchev–Trinajstić information content (AvgIpc) is 3.01. The van der Waals surface area contributed by atoms with Crippen LogP contribution in [-0.4, -0.2) is 25.3 Å². The Kier molecular flexibility index (Phi) is 2.72. The summed E-state index contributed by atoms with van der Waals surface area (Å²) in [6.07, 6.45) is 8.85. The Morgan fingerprint density at radius 1 is 1.38 bits per heavy atom. The number of fused-ring (bicyclic) bond motifs is 2. The minimum atomic E-state index is -0.00708. The van der Waals surface area contributed by atoms with Crippen molar-refractivity contribution in [3.63, 3.8) is 0 Å². The first-order chi connectivity index (χ1) is 7.83. The molecule has 2 bridgehead atoms. The molecular formula is C13H18O3. The van der Waals surface area contributed by atoms with Crippen molar-refractivity contribution < 1.29 is 14.3 Å². The van der Waals surface area contributed by atoms with Crippen LogP contribution in [0.3, 0.4) is 0 Å². The van der Waals surface area contributed by atoms with E-state index < -0.39 is 0 Å². The third kappa shape index (κ3) is 1.88. The lowest BCUT2D eigenvalue weighted by Crippen LogP contribution is -2.25. The zero-order chi connectivity index (χ0) is 11.0. The van der Waals surface area contributed by atoms with Crippen molar-refractivity contribution in [1.82, 2.24) is 0 Å². The number of carbonyl (C=O) groups excluding carboxylic acids is 1. The summed E-state index contributed by atoms with van der Waals surface area (Å²) < 4.78 is 10.8. The van der Waals surface area contributed by atoms with Gasteiger partial charge in [0.05, 0.1) is 12.0 Å². The fourth-order valence-electron chi connectivity index (χ4n) is 3.11. The molecule has 3 aliphatic rings. The number of allylic oxidation sites excluding steroid dienone is 2. The topological polar surface area (TPSA) is 35.5 Å². The minimum absolute atomic E-state index is 0.00708. The lowest BCUT2D eigenvalue weighted by Gasteiger charge is -2.18. The van der Waals surface area contributed by atoms with E-state index in [0.29, 0.717) is 18.4 Å². The summed E-state index contributed by atoms with van der Waals surface area (Å²) in [6, 6.07) is 0. The molecule has 0 N–H and O–H groups in total. The van der Waals surface area contributed by atoms with Gasteiger partial charge in [0.1, 0.15) is 6.61 Å². The number of rotatable bonds is 3. The molecule has 2 aliphatic carbocycles. The molecule has 88 valence electrons. The highest BCUT2D eigenvalue weighted by Crippen LogP contribution is 2.43. The Morgan fingerprint density at radius 2 is 2.31 bits per heavy atom. The van der Waals surface area contributed by atoms with Gasteiger partial charge in [-0.15, -0.1) is 0 Å². The van der Waals surface area contributed by atoms with E-state index >= 15 is 0 Å². The summed E-state index contributed by atoms with van der Waals surface area (Å²) in [5.74, 6) is 1.19. The maximum atomic E-state index is 11.9. The van der Waals surface area contributed by atoms with Gasteiger partial charge in [-0.1, -0.05) is 12.2 Å². The van der Waals surface area contributed by atoms with Gasteiger partial charge in [0.25, 0.3) is 0 Å². The highest BCUT2D eigenvalue weighted by Gasteiger charge is 2.40. The molecule has 4 atom stereocenters. The largest absolute Gasteiger partial charge is 0.463 e. The molecule has 1 aliphatic heterocycles. The molecule has 3 rings (SSSR count). The van der Waals surface area contributed by atoms with E-state index in [2.05, 4.69) is 12.2 Å². The van der Waals surface area contributed by atoms with Crippen LogP contribution in [0.15, 0.2) is 12.2 Å². The fourth-order valence-corrected chi connectivity index (χ4v) is 3.11. The van der Waals surface area contributed by atoms with Crippen molar-refractivity contribution in [2.45, 2.75) is 31.8 Å². The summed E-state index contributed by atoms with van der Waals surface area (Å²) in [5.41, 5.74) is 0. The zero-order valence-corrected chi connectivity index (χ0v) is 9.43. The summed E-state index contributed by atoms with van der Waals surface area (Å²) in [6.45, 7) is 1.27. The monoisotopic (exact) mass is 222 g/mol. The molecule has 0 spiro atoms. The molecule has 16 heavy (non-hydrogen) atoms. The molecule has 1 saturated heterocycles. The normalized spacial score (nSPS) is 40.5. The van der Waals surface area contributed by atoms with E-state index in [-0.39, 0.29) is 18.0 Å².